The molecule has 0 bridgehead atoms. The number of anilines is 1. The van der Waals surface area contributed by atoms with Gasteiger partial charge in [-0.2, -0.15) is 0 Å². The number of hydrogen-bond acceptors (Lipinski definition) is 6. The molecule has 1 unspecified atom stereocenters. The number of carboxylic acids is 1. The van der Waals surface area contributed by atoms with Crippen LogP contribution < -0.4 is 5.32 Å². The summed E-state index contributed by atoms with van der Waals surface area (Å²) in [6, 6.07) is 1.80. The summed E-state index contributed by atoms with van der Waals surface area (Å²) in [6.07, 6.45) is 6.69. The van der Waals surface area contributed by atoms with Gasteiger partial charge in [-0.1, -0.05) is 13.0 Å². The van der Waals surface area contributed by atoms with Crippen molar-refractivity contribution in [1.29, 1.82) is 0 Å². The minimum atomic E-state index is -1.15. The quantitative estimate of drug-likeness (QED) is 0.640. The summed E-state index contributed by atoms with van der Waals surface area (Å²) < 4.78 is 9.91. The van der Waals surface area contributed by atoms with Crippen LogP contribution in [-0.4, -0.2) is 43.1 Å². The van der Waals surface area contributed by atoms with Crippen LogP contribution in [0.4, 0.5) is 5.00 Å². The number of ketones is 1. The second-order valence-electron chi connectivity index (χ2n) is 5.62. The molecular formula is C18H21NO6S. The number of carboxylic acid groups (broad SMARTS) is 1. The largest absolute Gasteiger partial charge is 0.497 e. The number of thiophene rings is 1. The Bertz CT molecular complexity index is 749. The lowest BCUT2D eigenvalue weighted by molar-refractivity contribution is -0.143. The fourth-order valence-corrected chi connectivity index (χ4v) is 3.45. The summed E-state index contributed by atoms with van der Waals surface area (Å²) in [4.78, 5) is 36.2. The van der Waals surface area contributed by atoms with E-state index >= 15 is 0 Å². The number of rotatable bonds is 9. The minimum absolute atomic E-state index is 0.0784. The Morgan fingerprint density at radius 1 is 1.35 bits per heavy atom. The molecule has 7 nitrogen and oxygen atoms in total. The Kier molecular flexibility index (Phi) is 7.11. The highest BCUT2D eigenvalue weighted by molar-refractivity contribution is 7.16. The first kappa shape index (κ1) is 19.9. The molecule has 0 saturated carbocycles. The van der Waals surface area contributed by atoms with E-state index in [1.807, 2.05) is 13.0 Å². The standard InChI is InChI=1S/C18H21NO6S/c1-3-13-8-14(17(23)11-4-6-12(24-2)7-5-11)18(26-13)19-15(20)9-25-10-16(21)22/h4,6-8,11H,3,5,9-10H2,1-2H3,(H,19,20)(H,21,22). The third-order valence-electron chi connectivity index (χ3n) is 3.75. The van der Waals surface area contributed by atoms with Gasteiger partial charge in [0.05, 0.1) is 12.7 Å². The minimum Gasteiger partial charge on any atom is -0.497 e. The lowest BCUT2D eigenvalue weighted by atomic mass is 9.92. The lowest BCUT2D eigenvalue weighted by Gasteiger charge is -2.15. The summed E-state index contributed by atoms with van der Waals surface area (Å²) >= 11 is 1.34. The van der Waals surface area contributed by atoms with Crippen LogP contribution in [0.25, 0.3) is 0 Å². The number of amides is 1. The zero-order valence-corrected chi connectivity index (χ0v) is 15.4. The van der Waals surface area contributed by atoms with Gasteiger partial charge in [-0.05, 0) is 31.1 Å². The summed E-state index contributed by atoms with van der Waals surface area (Å²) in [5.41, 5.74) is 0.461. The SMILES string of the molecule is CCc1cc(C(=O)C2C=CC(OC)=CC2)c(NC(=O)COCC(=O)O)s1. The second-order valence-corrected chi connectivity index (χ2v) is 6.76. The van der Waals surface area contributed by atoms with Crippen LogP contribution in [0.15, 0.2) is 30.1 Å². The molecule has 1 heterocycles. The van der Waals surface area contributed by atoms with Crippen molar-refractivity contribution in [1.82, 2.24) is 0 Å². The molecule has 2 N–H and O–H groups in total. The van der Waals surface area contributed by atoms with E-state index in [0.717, 1.165) is 17.1 Å². The van der Waals surface area contributed by atoms with E-state index in [1.54, 1.807) is 25.3 Å². The zero-order valence-electron chi connectivity index (χ0n) is 14.6. The van der Waals surface area contributed by atoms with Gasteiger partial charge in [-0.15, -0.1) is 11.3 Å². The van der Waals surface area contributed by atoms with E-state index in [-0.39, 0.29) is 18.3 Å². The van der Waals surface area contributed by atoms with E-state index in [0.29, 0.717) is 17.0 Å². The molecule has 0 radical (unpaired) electrons. The fraction of sp³-hybridized carbons (Fsp3) is 0.389. The smallest absolute Gasteiger partial charge is 0.329 e. The predicted molar refractivity (Wildman–Crippen MR) is 97.5 cm³/mol. The number of aliphatic carboxylic acids is 1. The molecule has 1 aromatic heterocycles. The van der Waals surface area contributed by atoms with Crippen LogP contribution in [0, 0.1) is 5.92 Å². The summed E-state index contributed by atoms with van der Waals surface area (Å²) in [7, 11) is 1.57. The maximum absolute atomic E-state index is 12.9. The third kappa shape index (κ3) is 5.27. The fourth-order valence-electron chi connectivity index (χ4n) is 2.43. The number of ether oxygens (including phenoxy) is 2. The lowest BCUT2D eigenvalue weighted by Crippen LogP contribution is -2.22. The molecule has 0 aromatic carbocycles. The summed E-state index contributed by atoms with van der Waals surface area (Å²) in [5, 5.41) is 11.6. The first-order valence-electron chi connectivity index (χ1n) is 8.13. The number of nitrogens with one attached hydrogen (secondary N) is 1. The highest BCUT2D eigenvalue weighted by atomic mass is 32.1. The van der Waals surface area contributed by atoms with Gasteiger partial charge in [-0.25, -0.2) is 4.79 Å². The highest BCUT2D eigenvalue weighted by Gasteiger charge is 2.24. The molecule has 140 valence electrons. The van der Waals surface area contributed by atoms with Crippen LogP contribution in [0.2, 0.25) is 0 Å². The van der Waals surface area contributed by atoms with Gasteiger partial charge in [0.25, 0.3) is 5.91 Å². The summed E-state index contributed by atoms with van der Waals surface area (Å²) in [6.45, 7) is 1.03. The molecule has 1 aromatic rings. The van der Waals surface area contributed by atoms with Crippen molar-refractivity contribution in [3.8, 4) is 0 Å². The maximum atomic E-state index is 12.9. The predicted octanol–water partition coefficient (Wildman–Crippen LogP) is 2.64. The average Bonchev–Trinajstić information content (AvgIpc) is 3.03. The van der Waals surface area contributed by atoms with Gasteiger partial charge >= 0.3 is 5.97 Å². The number of carbonyl (C=O) groups is 3. The third-order valence-corrected chi connectivity index (χ3v) is 4.94. The van der Waals surface area contributed by atoms with Crippen molar-refractivity contribution in [2.75, 3.05) is 25.6 Å². The molecule has 1 amide bonds. The van der Waals surface area contributed by atoms with Crippen molar-refractivity contribution in [3.05, 3.63) is 40.5 Å². The maximum Gasteiger partial charge on any atom is 0.329 e. The molecule has 8 heteroatoms. The van der Waals surface area contributed by atoms with Crippen molar-refractivity contribution >= 4 is 34.0 Å². The van der Waals surface area contributed by atoms with E-state index in [1.165, 1.54) is 11.3 Å². The Labute approximate surface area is 155 Å². The van der Waals surface area contributed by atoms with Crippen molar-refractivity contribution in [2.24, 2.45) is 5.92 Å². The molecule has 1 aliphatic carbocycles. The van der Waals surface area contributed by atoms with Gasteiger partial charge < -0.3 is 19.9 Å². The van der Waals surface area contributed by atoms with Crippen LogP contribution in [0.3, 0.4) is 0 Å². The van der Waals surface area contributed by atoms with Crippen molar-refractivity contribution < 1.29 is 29.0 Å². The molecule has 0 fully saturated rings. The van der Waals surface area contributed by atoms with Gasteiger partial charge in [0.1, 0.15) is 24.0 Å². The first-order valence-corrected chi connectivity index (χ1v) is 8.94. The topological polar surface area (TPSA) is 102 Å². The molecule has 1 atom stereocenters. The Hall–Kier alpha value is -2.45. The van der Waals surface area contributed by atoms with Crippen LogP contribution >= 0.6 is 11.3 Å². The van der Waals surface area contributed by atoms with Gasteiger partial charge in [0, 0.05) is 10.8 Å². The number of methoxy groups -OCH3 is 1. The molecule has 26 heavy (non-hydrogen) atoms. The second kappa shape index (κ2) is 9.30. The molecule has 0 saturated heterocycles. The molecule has 1 aliphatic rings. The van der Waals surface area contributed by atoms with E-state index < -0.39 is 18.5 Å². The van der Waals surface area contributed by atoms with E-state index in [2.05, 4.69) is 5.32 Å². The van der Waals surface area contributed by atoms with Crippen molar-refractivity contribution in [2.45, 2.75) is 19.8 Å². The molecule has 0 spiro atoms. The Balaban J connectivity index is 2.09. The zero-order chi connectivity index (χ0) is 19.1. The number of allylic oxidation sites excluding steroid dienone is 3. The monoisotopic (exact) mass is 379 g/mol. The van der Waals surface area contributed by atoms with Gasteiger partial charge in [0.2, 0.25) is 0 Å². The first-order chi connectivity index (χ1) is 12.4. The van der Waals surface area contributed by atoms with Crippen LogP contribution in [-0.2, 0) is 25.5 Å². The number of hydrogen-bond donors (Lipinski definition) is 2. The molecular weight excluding hydrogens is 358 g/mol. The van der Waals surface area contributed by atoms with Crippen LogP contribution in [0.5, 0.6) is 0 Å². The Morgan fingerprint density at radius 2 is 2.12 bits per heavy atom. The highest BCUT2D eigenvalue weighted by Crippen LogP contribution is 2.32. The number of aryl methyl sites for hydroxylation is 1. The molecule has 2 rings (SSSR count). The number of carbonyl (C=O) groups excluding carboxylic acids is 2. The van der Waals surface area contributed by atoms with Gasteiger partial charge in [-0.3, -0.25) is 9.59 Å². The van der Waals surface area contributed by atoms with Crippen LogP contribution in [0.1, 0.15) is 28.6 Å². The van der Waals surface area contributed by atoms with Gasteiger partial charge in [0.15, 0.2) is 5.78 Å². The van der Waals surface area contributed by atoms with Crippen molar-refractivity contribution in [3.63, 3.8) is 0 Å². The van der Waals surface area contributed by atoms with E-state index in [9.17, 15) is 14.4 Å². The average molecular weight is 379 g/mol. The Morgan fingerprint density at radius 3 is 2.69 bits per heavy atom. The number of Topliss-reactive ketones (excluding diaryl/α,β-unsaturated/α-hetero) is 1. The molecule has 0 aliphatic heterocycles. The normalized spacial score (nSPS) is 16.1. The van der Waals surface area contributed by atoms with E-state index in [4.69, 9.17) is 14.6 Å². The summed E-state index contributed by atoms with van der Waals surface area (Å²) in [5.74, 6) is -1.31.